The Bertz CT molecular complexity index is 1260. The Labute approximate surface area is 253 Å². The average molecular weight is 574 g/mol. The maximum Gasteiger partial charge on any atom is 0.0695 e. The van der Waals surface area contributed by atoms with E-state index in [0.29, 0.717) is 6.42 Å². The molecule has 2 aromatic carbocycles. The molecular weight excluding hydrogens is 522 g/mol. The van der Waals surface area contributed by atoms with Gasteiger partial charge in [0, 0.05) is 11.6 Å². The maximum absolute atomic E-state index is 10.2. The summed E-state index contributed by atoms with van der Waals surface area (Å²) in [5.41, 5.74) is 17.6. The minimum absolute atomic E-state index is 0.0599. The lowest BCUT2D eigenvalue weighted by atomic mass is 9.85. The summed E-state index contributed by atoms with van der Waals surface area (Å²) < 4.78 is 0. The van der Waals surface area contributed by atoms with Gasteiger partial charge in [0.15, 0.2) is 0 Å². The number of allylic oxidation sites excluding steroid dienone is 3. The molecule has 0 spiro atoms. The second-order valence-electron chi connectivity index (χ2n) is 12.4. The van der Waals surface area contributed by atoms with Crippen LogP contribution in [0.2, 0.25) is 0 Å². The van der Waals surface area contributed by atoms with Gasteiger partial charge in [0.1, 0.15) is 0 Å². The van der Waals surface area contributed by atoms with Gasteiger partial charge in [-0.25, -0.2) is 0 Å². The lowest BCUT2D eigenvalue weighted by Gasteiger charge is -2.24. The van der Waals surface area contributed by atoms with Gasteiger partial charge in [0.25, 0.3) is 0 Å². The van der Waals surface area contributed by atoms with Crippen LogP contribution in [0.15, 0.2) is 76.2 Å². The van der Waals surface area contributed by atoms with Crippen molar-refractivity contribution < 1.29 is 5.11 Å². The first-order valence-electron chi connectivity index (χ1n) is 15.1. The van der Waals surface area contributed by atoms with Gasteiger partial charge < -0.3 is 5.11 Å². The monoisotopic (exact) mass is 573 g/mol. The van der Waals surface area contributed by atoms with Gasteiger partial charge in [-0.1, -0.05) is 89.2 Å². The quantitative estimate of drug-likeness (QED) is 0.157. The summed E-state index contributed by atoms with van der Waals surface area (Å²) in [5, 5.41) is 12.5. The smallest absolute Gasteiger partial charge is 0.0695 e. The third-order valence-corrected chi connectivity index (χ3v) is 8.23. The van der Waals surface area contributed by atoms with E-state index in [4.69, 9.17) is 4.99 Å². The number of hydrogen-bond donors (Lipinski definition) is 3. The van der Waals surface area contributed by atoms with E-state index < -0.39 is 6.10 Å². The van der Waals surface area contributed by atoms with Gasteiger partial charge in [-0.15, -0.1) is 11.8 Å². The molecule has 1 aliphatic carbocycles. The van der Waals surface area contributed by atoms with Crippen LogP contribution >= 0.6 is 11.8 Å². The summed E-state index contributed by atoms with van der Waals surface area (Å²) in [6.07, 6.45) is 5.36. The van der Waals surface area contributed by atoms with Gasteiger partial charge >= 0.3 is 0 Å². The Morgan fingerprint density at radius 1 is 1.10 bits per heavy atom. The molecule has 1 aliphatic rings. The molecule has 0 saturated heterocycles. The van der Waals surface area contributed by atoms with Crippen molar-refractivity contribution in [2.75, 3.05) is 12.8 Å². The zero-order valence-corrected chi connectivity index (χ0v) is 27.3. The number of hydrogen-bond acceptors (Lipinski definition) is 5. The Morgan fingerprint density at radius 3 is 2.37 bits per heavy atom. The first-order valence-corrected chi connectivity index (χ1v) is 16.1. The van der Waals surface area contributed by atoms with E-state index in [2.05, 4.69) is 113 Å². The van der Waals surface area contributed by atoms with Crippen molar-refractivity contribution >= 4 is 23.5 Å². The van der Waals surface area contributed by atoms with Crippen LogP contribution in [0.1, 0.15) is 84.4 Å². The summed E-state index contributed by atoms with van der Waals surface area (Å²) in [5.74, 6) is 1.02. The van der Waals surface area contributed by atoms with Crippen LogP contribution in [0.3, 0.4) is 0 Å². The van der Waals surface area contributed by atoms with Gasteiger partial charge in [-0.05, 0) is 103 Å². The summed E-state index contributed by atoms with van der Waals surface area (Å²) in [6.45, 7) is 19.5. The number of benzene rings is 2. The first kappa shape index (κ1) is 33.1. The van der Waals surface area contributed by atoms with Crippen molar-refractivity contribution in [3.8, 4) is 11.1 Å². The lowest BCUT2D eigenvalue weighted by molar-refractivity contribution is 0.167. The van der Waals surface area contributed by atoms with E-state index in [1.807, 2.05) is 25.7 Å². The molecule has 3 rings (SSSR count). The fourth-order valence-electron chi connectivity index (χ4n) is 5.36. The molecule has 5 heteroatoms. The van der Waals surface area contributed by atoms with E-state index >= 15 is 0 Å². The Morgan fingerprint density at radius 2 is 1.78 bits per heavy atom. The number of nitrogens with one attached hydrogen (secondary N) is 2. The molecule has 41 heavy (non-hydrogen) atoms. The Hall–Kier alpha value is -2.44. The largest absolute Gasteiger partial charge is 0.393 e. The molecule has 0 bridgehead atoms. The predicted octanol–water partition coefficient (Wildman–Crippen LogP) is 8.37. The molecule has 0 amide bonds. The fourth-order valence-corrected chi connectivity index (χ4v) is 6.00. The fraction of sp³-hybridized carbons (Fsp3) is 0.472. The number of fused-ring (bicyclic) bond motifs is 1. The summed E-state index contributed by atoms with van der Waals surface area (Å²) in [7, 11) is 1.87. The molecule has 3 unspecified atom stereocenters. The molecule has 0 saturated carbocycles. The minimum atomic E-state index is -0.437. The van der Waals surface area contributed by atoms with E-state index in [-0.39, 0.29) is 17.5 Å². The highest BCUT2D eigenvalue weighted by Gasteiger charge is 2.22. The topological polar surface area (TPSA) is 56.7 Å². The molecule has 3 atom stereocenters. The van der Waals surface area contributed by atoms with Crippen LogP contribution in [0.4, 0.5) is 0 Å². The van der Waals surface area contributed by atoms with Crippen LogP contribution in [0, 0.1) is 5.41 Å². The van der Waals surface area contributed by atoms with Crippen LogP contribution in [-0.4, -0.2) is 41.8 Å². The van der Waals surface area contributed by atoms with Gasteiger partial charge in [-0.2, -0.15) is 0 Å². The van der Waals surface area contributed by atoms with Crippen molar-refractivity contribution in [1.82, 2.24) is 10.9 Å². The number of nitrogens with zero attached hydrogens (tertiary/aromatic N) is 1. The zero-order chi connectivity index (χ0) is 30.2. The molecule has 0 heterocycles. The highest BCUT2D eigenvalue weighted by molar-refractivity contribution is 8.02. The van der Waals surface area contributed by atoms with Crippen LogP contribution < -0.4 is 10.9 Å². The second-order valence-corrected chi connectivity index (χ2v) is 13.6. The summed E-state index contributed by atoms with van der Waals surface area (Å²) in [4.78, 5) is 5.29. The molecule has 0 fully saturated rings. The predicted molar refractivity (Wildman–Crippen MR) is 182 cm³/mol. The normalized spacial score (nSPS) is 16.3. The molecule has 2 aromatic rings. The van der Waals surface area contributed by atoms with E-state index in [1.54, 1.807) is 0 Å². The summed E-state index contributed by atoms with van der Waals surface area (Å²) in [6, 6.07) is 15.6. The minimum Gasteiger partial charge on any atom is -0.393 e. The molecule has 3 N–H and O–H groups in total. The summed E-state index contributed by atoms with van der Waals surface area (Å²) >= 11 is 1.81. The number of hydrazine groups is 1. The second kappa shape index (κ2) is 15.2. The van der Waals surface area contributed by atoms with Crippen molar-refractivity contribution in [1.29, 1.82) is 0 Å². The zero-order valence-electron chi connectivity index (χ0n) is 26.5. The van der Waals surface area contributed by atoms with E-state index in [1.165, 1.54) is 39.0 Å². The number of rotatable bonds is 14. The molecule has 0 radical (unpaired) electrons. The van der Waals surface area contributed by atoms with Crippen LogP contribution in [0.25, 0.3) is 17.2 Å². The Kier molecular flexibility index (Phi) is 12.2. The maximum atomic E-state index is 10.2. The van der Waals surface area contributed by atoms with Gasteiger partial charge in [0.05, 0.1) is 17.9 Å². The third-order valence-electron chi connectivity index (χ3n) is 7.45. The Balaban J connectivity index is 1.95. The molecule has 0 aliphatic heterocycles. The highest BCUT2D eigenvalue weighted by atomic mass is 32.2. The van der Waals surface area contributed by atoms with Crippen molar-refractivity contribution in [2.45, 2.75) is 92.3 Å². The standard InChI is InChI=1S/C36H51N3OS/c1-10-27(23-41-11-2)35(38-34(18-25(4)40)26(5)39-37-9)29-14-12-28(13-15-29)30-16-17-31-19-32(21-33(31)20-30)24(3)22-36(6,7)8/h12-17,20-21,23,25-26,34,37,39-40H,3,10-11,18-19,22H2,1-2,4-9H3/b27-23+,38-35?. The van der Waals surface area contributed by atoms with E-state index in [9.17, 15) is 5.11 Å². The molecule has 222 valence electrons. The average Bonchev–Trinajstić information content (AvgIpc) is 3.35. The number of thioether (sulfide) groups is 1. The molecule has 0 aromatic heterocycles. The van der Waals surface area contributed by atoms with Gasteiger partial charge in [-0.3, -0.25) is 15.8 Å². The van der Waals surface area contributed by atoms with Crippen LogP contribution in [0.5, 0.6) is 0 Å². The SMILES string of the molecule is C=C(CC(C)(C)C)C1=Cc2cc(-c3ccc(C(=NC(CC(C)O)C(C)NNC)/C(=C/SCC)CC)cc3)ccc2C1. The highest BCUT2D eigenvalue weighted by Crippen LogP contribution is 2.36. The first-order chi connectivity index (χ1) is 19.4. The molecular formula is C36H51N3OS. The van der Waals surface area contributed by atoms with Crippen molar-refractivity contribution in [3.05, 3.63) is 87.9 Å². The number of aliphatic hydroxyl groups is 1. The number of aliphatic hydroxyl groups excluding tert-OH is 1. The van der Waals surface area contributed by atoms with Crippen LogP contribution in [-0.2, 0) is 6.42 Å². The third kappa shape index (κ3) is 9.54. The molecule has 4 nitrogen and oxygen atoms in total. The lowest BCUT2D eigenvalue weighted by Crippen LogP contribution is -2.44. The van der Waals surface area contributed by atoms with E-state index in [0.717, 1.165) is 36.3 Å². The van der Waals surface area contributed by atoms with Crippen molar-refractivity contribution in [3.63, 3.8) is 0 Å². The van der Waals surface area contributed by atoms with Crippen molar-refractivity contribution in [2.24, 2.45) is 10.4 Å². The number of aliphatic imine (C=N–C) groups is 1. The van der Waals surface area contributed by atoms with Gasteiger partial charge in [0.2, 0.25) is 0 Å².